The van der Waals surface area contributed by atoms with Crippen molar-refractivity contribution in [2.75, 3.05) is 5.32 Å². The molecule has 0 spiro atoms. The second kappa shape index (κ2) is 3.65. The molecule has 0 aliphatic heterocycles. The van der Waals surface area contributed by atoms with Crippen LogP contribution < -0.4 is 5.32 Å². The second-order valence-electron chi connectivity index (χ2n) is 3.90. The van der Waals surface area contributed by atoms with Crippen LogP contribution in [0.4, 0.5) is 10.6 Å². The number of nitrogens with one attached hydrogen (secondary N) is 1. The van der Waals surface area contributed by atoms with E-state index in [0.29, 0.717) is 5.82 Å². The lowest BCUT2D eigenvalue weighted by Crippen LogP contribution is -2.27. The molecule has 0 saturated carbocycles. The van der Waals surface area contributed by atoms with Gasteiger partial charge >= 0.3 is 6.09 Å². The minimum absolute atomic E-state index is 0.377. The van der Waals surface area contributed by atoms with Gasteiger partial charge in [0.25, 0.3) is 0 Å². The van der Waals surface area contributed by atoms with E-state index in [1.54, 1.807) is 34.0 Å². The summed E-state index contributed by atoms with van der Waals surface area (Å²) in [6.07, 6.45) is 1.06. The van der Waals surface area contributed by atoms with Crippen molar-refractivity contribution >= 4 is 11.9 Å². The van der Waals surface area contributed by atoms with Gasteiger partial charge in [0.15, 0.2) is 5.82 Å². The lowest BCUT2D eigenvalue weighted by Gasteiger charge is -2.18. The van der Waals surface area contributed by atoms with Crippen LogP contribution in [0, 0.1) is 0 Å². The number of rotatable bonds is 1. The minimum atomic E-state index is -0.530. The van der Waals surface area contributed by atoms with Crippen molar-refractivity contribution in [3.8, 4) is 0 Å². The van der Waals surface area contributed by atoms with Gasteiger partial charge in [-0.1, -0.05) is 5.21 Å². The number of ether oxygens (including phenoxy) is 1. The number of nitrogens with zero attached hydrogens (tertiary/aromatic N) is 3. The van der Waals surface area contributed by atoms with E-state index in [9.17, 15) is 4.79 Å². The Bertz CT molecular complexity index is 326. The van der Waals surface area contributed by atoms with Crippen molar-refractivity contribution < 1.29 is 9.53 Å². The second-order valence-corrected chi connectivity index (χ2v) is 3.90. The average Bonchev–Trinajstić information content (AvgIpc) is 2.30. The third-order valence-corrected chi connectivity index (χ3v) is 1.23. The first-order chi connectivity index (χ1) is 6.37. The molecule has 0 aliphatic rings. The van der Waals surface area contributed by atoms with Crippen LogP contribution in [0.15, 0.2) is 6.20 Å². The first-order valence-corrected chi connectivity index (χ1v) is 4.23. The molecule has 6 heteroatoms. The molecule has 0 bridgehead atoms. The molecule has 0 atom stereocenters. The SMILES string of the molecule is Cn1cc(NC(=O)OC(C)(C)C)nn1. The summed E-state index contributed by atoms with van der Waals surface area (Å²) in [7, 11) is 1.72. The largest absolute Gasteiger partial charge is 0.444 e. The van der Waals surface area contributed by atoms with Gasteiger partial charge < -0.3 is 4.74 Å². The third-order valence-electron chi connectivity index (χ3n) is 1.23. The van der Waals surface area contributed by atoms with Gasteiger partial charge in [-0.2, -0.15) is 0 Å². The minimum Gasteiger partial charge on any atom is -0.444 e. The number of hydrogen-bond donors (Lipinski definition) is 1. The first kappa shape index (κ1) is 10.5. The van der Waals surface area contributed by atoms with Crippen LogP contribution in [0.2, 0.25) is 0 Å². The Morgan fingerprint density at radius 1 is 1.57 bits per heavy atom. The van der Waals surface area contributed by atoms with Crippen molar-refractivity contribution in [2.24, 2.45) is 7.05 Å². The van der Waals surface area contributed by atoms with E-state index in [1.165, 1.54) is 4.68 Å². The molecule has 0 aromatic carbocycles. The van der Waals surface area contributed by atoms with Gasteiger partial charge in [-0.25, -0.2) is 4.79 Å². The van der Waals surface area contributed by atoms with E-state index >= 15 is 0 Å². The molecule has 1 amide bonds. The predicted octanol–water partition coefficient (Wildman–Crippen LogP) is 1.16. The van der Waals surface area contributed by atoms with Crippen molar-refractivity contribution in [3.05, 3.63) is 6.20 Å². The Balaban J connectivity index is 2.50. The average molecular weight is 198 g/mol. The monoisotopic (exact) mass is 198 g/mol. The molecule has 0 aliphatic carbocycles. The fourth-order valence-corrected chi connectivity index (χ4v) is 0.813. The summed E-state index contributed by atoms with van der Waals surface area (Å²) in [6, 6.07) is 0. The highest BCUT2D eigenvalue weighted by Crippen LogP contribution is 2.08. The van der Waals surface area contributed by atoms with E-state index in [2.05, 4.69) is 15.6 Å². The molecule has 6 nitrogen and oxygen atoms in total. The maximum absolute atomic E-state index is 11.2. The standard InChI is InChI=1S/C8H14N4O2/c1-8(2,3)14-7(13)9-6-5-12(4)11-10-6/h5H,1-4H3,(H,9,13). The van der Waals surface area contributed by atoms with E-state index in [1.807, 2.05) is 0 Å². The van der Waals surface area contributed by atoms with Gasteiger partial charge in [0, 0.05) is 7.05 Å². The molecule has 78 valence electrons. The molecule has 1 N–H and O–H groups in total. The van der Waals surface area contributed by atoms with Crippen LogP contribution in [0.5, 0.6) is 0 Å². The Morgan fingerprint density at radius 2 is 2.21 bits per heavy atom. The maximum Gasteiger partial charge on any atom is 0.413 e. The molecule has 0 saturated heterocycles. The zero-order valence-corrected chi connectivity index (χ0v) is 8.74. The third kappa shape index (κ3) is 3.42. The van der Waals surface area contributed by atoms with Gasteiger partial charge in [0.1, 0.15) is 5.60 Å². The number of aromatic nitrogens is 3. The van der Waals surface area contributed by atoms with Crippen LogP contribution in [0.1, 0.15) is 20.8 Å². The van der Waals surface area contributed by atoms with Crippen LogP contribution in [-0.4, -0.2) is 26.7 Å². The molecule has 0 unspecified atom stereocenters. The molecular formula is C8H14N4O2. The Kier molecular flexibility index (Phi) is 2.73. The molecule has 0 fully saturated rings. The molecule has 1 aromatic rings. The Hall–Kier alpha value is -1.59. The summed E-state index contributed by atoms with van der Waals surface area (Å²) in [5.74, 6) is 0.377. The fourth-order valence-electron chi connectivity index (χ4n) is 0.813. The van der Waals surface area contributed by atoms with Gasteiger partial charge in [0.05, 0.1) is 6.20 Å². The number of hydrogen-bond acceptors (Lipinski definition) is 4. The normalized spacial score (nSPS) is 11.1. The predicted molar refractivity (Wildman–Crippen MR) is 50.9 cm³/mol. The highest BCUT2D eigenvalue weighted by atomic mass is 16.6. The summed E-state index contributed by atoms with van der Waals surface area (Å²) in [5.41, 5.74) is -0.508. The molecule has 14 heavy (non-hydrogen) atoms. The summed E-state index contributed by atoms with van der Waals surface area (Å²) in [6.45, 7) is 5.38. The summed E-state index contributed by atoms with van der Waals surface area (Å²) in [4.78, 5) is 11.2. The maximum atomic E-state index is 11.2. The Labute approximate surface area is 82.2 Å². The van der Waals surface area contributed by atoms with Crippen LogP contribution in [0.25, 0.3) is 0 Å². The van der Waals surface area contributed by atoms with Gasteiger partial charge in [-0.15, -0.1) is 5.10 Å². The molecule has 0 radical (unpaired) electrons. The summed E-state index contributed by atoms with van der Waals surface area (Å²) >= 11 is 0. The van der Waals surface area contributed by atoms with Crippen molar-refractivity contribution in [1.82, 2.24) is 15.0 Å². The van der Waals surface area contributed by atoms with Crippen LogP contribution in [0.3, 0.4) is 0 Å². The summed E-state index contributed by atoms with van der Waals surface area (Å²) < 4.78 is 6.52. The van der Waals surface area contributed by atoms with Crippen LogP contribution >= 0.6 is 0 Å². The van der Waals surface area contributed by atoms with Crippen LogP contribution in [-0.2, 0) is 11.8 Å². The number of amides is 1. The van der Waals surface area contributed by atoms with Crippen molar-refractivity contribution in [2.45, 2.75) is 26.4 Å². The number of carbonyl (C=O) groups excluding carboxylic acids is 1. The number of anilines is 1. The summed E-state index contributed by atoms with van der Waals surface area (Å²) in [5, 5.41) is 9.81. The van der Waals surface area contributed by atoms with E-state index in [-0.39, 0.29) is 0 Å². The Morgan fingerprint density at radius 3 is 2.64 bits per heavy atom. The zero-order valence-electron chi connectivity index (χ0n) is 8.74. The highest BCUT2D eigenvalue weighted by molar-refractivity contribution is 5.83. The van der Waals surface area contributed by atoms with Gasteiger partial charge in [-0.05, 0) is 20.8 Å². The molecular weight excluding hydrogens is 184 g/mol. The first-order valence-electron chi connectivity index (χ1n) is 4.23. The quantitative estimate of drug-likeness (QED) is 0.735. The number of carbonyl (C=O) groups is 1. The van der Waals surface area contributed by atoms with Crippen molar-refractivity contribution in [1.29, 1.82) is 0 Å². The lowest BCUT2D eigenvalue weighted by atomic mass is 10.2. The molecule has 1 aromatic heterocycles. The van der Waals surface area contributed by atoms with E-state index in [0.717, 1.165) is 0 Å². The van der Waals surface area contributed by atoms with Crippen molar-refractivity contribution in [3.63, 3.8) is 0 Å². The van der Waals surface area contributed by atoms with Gasteiger partial charge in [0.2, 0.25) is 0 Å². The van der Waals surface area contributed by atoms with Gasteiger partial charge in [-0.3, -0.25) is 10.00 Å². The smallest absolute Gasteiger partial charge is 0.413 e. The topological polar surface area (TPSA) is 69.0 Å². The number of aryl methyl sites for hydroxylation is 1. The van der Waals surface area contributed by atoms with E-state index in [4.69, 9.17) is 4.74 Å². The highest BCUT2D eigenvalue weighted by Gasteiger charge is 2.16. The molecule has 1 heterocycles. The molecule has 1 rings (SSSR count). The lowest BCUT2D eigenvalue weighted by molar-refractivity contribution is 0.0635. The fraction of sp³-hybridized carbons (Fsp3) is 0.625. The van der Waals surface area contributed by atoms with E-state index < -0.39 is 11.7 Å². The zero-order chi connectivity index (χ0) is 10.8.